The van der Waals surface area contributed by atoms with Crippen LogP contribution in [0.15, 0.2) is 48.5 Å². The number of benzene rings is 2. The number of ketones is 2. The fourth-order valence-corrected chi connectivity index (χ4v) is 4.38. The molecule has 0 saturated carbocycles. The van der Waals surface area contributed by atoms with E-state index in [1.807, 2.05) is 0 Å². The molecule has 2 aromatic carbocycles. The maximum atomic E-state index is 12.1. The number of carbonyl (C=O) groups is 2. The molecule has 4 heteroatoms. The zero-order valence-corrected chi connectivity index (χ0v) is 20.6. The number of phenolic OH excluding ortho intramolecular Hbond substituents is 2. The Bertz CT molecular complexity index is 787. The predicted molar refractivity (Wildman–Crippen MR) is 139 cm³/mol. The summed E-state index contributed by atoms with van der Waals surface area (Å²) in [4.78, 5) is 24.2. The molecule has 0 aromatic heterocycles. The van der Waals surface area contributed by atoms with Gasteiger partial charge in [0, 0.05) is 12.8 Å². The second-order valence-electron chi connectivity index (χ2n) is 9.33. The van der Waals surface area contributed by atoms with Gasteiger partial charge in [0.25, 0.3) is 0 Å². The molecule has 0 amide bonds. The minimum Gasteiger partial charge on any atom is -0.507 e. The van der Waals surface area contributed by atoms with Gasteiger partial charge in [-0.1, -0.05) is 101 Å². The van der Waals surface area contributed by atoms with Crippen molar-refractivity contribution < 1.29 is 19.8 Å². The Morgan fingerprint density at radius 3 is 1.00 bits per heavy atom. The Kier molecular flexibility index (Phi) is 13.7. The van der Waals surface area contributed by atoms with E-state index in [4.69, 9.17) is 0 Å². The van der Waals surface area contributed by atoms with Crippen LogP contribution in [0, 0.1) is 0 Å². The van der Waals surface area contributed by atoms with E-state index in [2.05, 4.69) is 0 Å². The molecule has 0 radical (unpaired) electrons. The second kappa shape index (κ2) is 16.9. The Morgan fingerprint density at radius 1 is 0.441 bits per heavy atom. The van der Waals surface area contributed by atoms with Gasteiger partial charge in [-0.3, -0.25) is 9.59 Å². The van der Waals surface area contributed by atoms with Crippen LogP contribution >= 0.6 is 0 Å². The summed E-state index contributed by atoms with van der Waals surface area (Å²) in [6, 6.07) is 13.6. The molecule has 0 aliphatic heterocycles. The molecule has 186 valence electrons. The first-order valence-electron chi connectivity index (χ1n) is 13.2. The van der Waals surface area contributed by atoms with Crippen LogP contribution in [0.3, 0.4) is 0 Å². The lowest BCUT2D eigenvalue weighted by Crippen LogP contribution is -1.99. The third-order valence-corrected chi connectivity index (χ3v) is 6.47. The number of rotatable bonds is 19. The van der Waals surface area contributed by atoms with Gasteiger partial charge in [0.05, 0.1) is 11.1 Å². The van der Waals surface area contributed by atoms with Gasteiger partial charge in [0.2, 0.25) is 0 Å². The van der Waals surface area contributed by atoms with E-state index in [-0.39, 0.29) is 23.1 Å². The van der Waals surface area contributed by atoms with E-state index in [1.54, 1.807) is 48.5 Å². The van der Waals surface area contributed by atoms with Crippen molar-refractivity contribution in [1.82, 2.24) is 0 Å². The molecule has 0 spiro atoms. The molecule has 2 rings (SSSR count). The van der Waals surface area contributed by atoms with Crippen LogP contribution in [0.4, 0.5) is 0 Å². The highest BCUT2D eigenvalue weighted by molar-refractivity contribution is 5.98. The van der Waals surface area contributed by atoms with Crippen LogP contribution in [0.5, 0.6) is 11.5 Å². The van der Waals surface area contributed by atoms with Crippen LogP contribution in [0.1, 0.15) is 123 Å². The van der Waals surface area contributed by atoms with Crippen LogP contribution < -0.4 is 0 Å². The van der Waals surface area contributed by atoms with Crippen molar-refractivity contribution >= 4 is 11.6 Å². The normalized spacial score (nSPS) is 10.9. The van der Waals surface area contributed by atoms with E-state index < -0.39 is 0 Å². The zero-order chi connectivity index (χ0) is 24.4. The van der Waals surface area contributed by atoms with Gasteiger partial charge in [-0.15, -0.1) is 0 Å². The number of unbranched alkanes of at least 4 members (excludes halogenated alkanes) is 13. The standard InChI is InChI=1S/C30H42O4/c31-27(25-19-15-17-23-29(25)33)21-13-11-9-7-5-3-1-2-4-6-8-10-12-14-22-28(32)26-20-16-18-24-30(26)34/h15-20,23-24,33-34H,1-14,21-22H2. The molecule has 0 heterocycles. The molecular weight excluding hydrogens is 424 g/mol. The molecule has 0 fully saturated rings. The molecule has 0 atom stereocenters. The minimum atomic E-state index is 0.0408. The first-order chi connectivity index (χ1) is 16.6. The first-order valence-corrected chi connectivity index (χ1v) is 13.2. The summed E-state index contributed by atoms with van der Waals surface area (Å²) in [6.07, 6.45) is 17.6. The fourth-order valence-electron chi connectivity index (χ4n) is 4.38. The molecule has 0 unspecified atom stereocenters. The number of phenols is 2. The van der Waals surface area contributed by atoms with Gasteiger partial charge in [0.15, 0.2) is 11.6 Å². The van der Waals surface area contributed by atoms with Gasteiger partial charge in [-0.05, 0) is 37.1 Å². The van der Waals surface area contributed by atoms with E-state index in [0.717, 1.165) is 25.7 Å². The minimum absolute atomic E-state index is 0.0408. The third-order valence-electron chi connectivity index (χ3n) is 6.47. The average molecular weight is 467 g/mol. The van der Waals surface area contributed by atoms with Crippen molar-refractivity contribution in [2.75, 3.05) is 0 Å². The monoisotopic (exact) mass is 466 g/mol. The quantitative estimate of drug-likeness (QED) is 0.161. The van der Waals surface area contributed by atoms with Crippen molar-refractivity contribution in [3.05, 3.63) is 59.7 Å². The van der Waals surface area contributed by atoms with Crippen molar-refractivity contribution in [3.8, 4) is 11.5 Å². The van der Waals surface area contributed by atoms with E-state index >= 15 is 0 Å². The smallest absolute Gasteiger partial charge is 0.166 e. The predicted octanol–water partition coefficient (Wildman–Crippen LogP) is 8.41. The Morgan fingerprint density at radius 2 is 0.706 bits per heavy atom. The highest BCUT2D eigenvalue weighted by Crippen LogP contribution is 2.20. The number of Topliss-reactive ketones (excluding diaryl/α,β-unsaturated/α-hetero) is 2. The van der Waals surface area contributed by atoms with Gasteiger partial charge in [-0.25, -0.2) is 0 Å². The summed E-state index contributed by atoms with van der Waals surface area (Å²) in [5.41, 5.74) is 0.892. The van der Waals surface area contributed by atoms with E-state index in [0.29, 0.717) is 24.0 Å². The lowest BCUT2D eigenvalue weighted by Gasteiger charge is -2.05. The van der Waals surface area contributed by atoms with Crippen molar-refractivity contribution in [2.24, 2.45) is 0 Å². The molecule has 2 N–H and O–H groups in total. The fraction of sp³-hybridized carbons (Fsp3) is 0.533. The molecule has 2 aromatic rings. The van der Waals surface area contributed by atoms with Crippen molar-refractivity contribution in [1.29, 1.82) is 0 Å². The first kappa shape index (κ1) is 27.6. The summed E-state index contributed by atoms with van der Waals surface area (Å²) < 4.78 is 0. The van der Waals surface area contributed by atoms with E-state index in [9.17, 15) is 19.8 Å². The number of carbonyl (C=O) groups excluding carboxylic acids is 2. The second-order valence-corrected chi connectivity index (χ2v) is 9.33. The summed E-state index contributed by atoms with van der Waals surface area (Å²) in [6.45, 7) is 0. The van der Waals surface area contributed by atoms with Crippen LogP contribution in [-0.4, -0.2) is 21.8 Å². The number of aromatic hydroxyl groups is 2. The van der Waals surface area contributed by atoms with Crippen LogP contribution in [0.25, 0.3) is 0 Å². The summed E-state index contributed by atoms with van der Waals surface area (Å²) in [7, 11) is 0. The molecule has 0 aliphatic carbocycles. The number of para-hydroxylation sites is 2. The van der Waals surface area contributed by atoms with Gasteiger partial charge < -0.3 is 10.2 Å². The summed E-state index contributed by atoms with van der Waals surface area (Å²) in [5.74, 6) is 0.257. The average Bonchev–Trinajstić information content (AvgIpc) is 2.84. The molecule has 0 aliphatic rings. The van der Waals surface area contributed by atoms with Gasteiger partial charge >= 0.3 is 0 Å². The van der Waals surface area contributed by atoms with Gasteiger partial charge in [-0.2, -0.15) is 0 Å². The summed E-state index contributed by atoms with van der Waals surface area (Å²) in [5, 5.41) is 19.5. The lowest BCUT2D eigenvalue weighted by molar-refractivity contribution is 0.0968. The summed E-state index contributed by atoms with van der Waals surface area (Å²) >= 11 is 0. The number of hydrogen-bond acceptors (Lipinski definition) is 4. The van der Waals surface area contributed by atoms with Crippen molar-refractivity contribution in [2.45, 2.75) is 103 Å². The molecular formula is C30H42O4. The Hall–Kier alpha value is -2.62. The Labute approximate surface area is 205 Å². The van der Waals surface area contributed by atoms with E-state index in [1.165, 1.54) is 64.2 Å². The maximum absolute atomic E-state index is 12.1. The number of hydrogen-bond donors (Lipinski definition) is 2. The molecule has 0 bridgehead atoms. The Balaban J connectivity index is 1.32. The maximum Gasteiger partial charge on any atom is 0.166 e. The van der Waals surface area contributed by atoms with Crippen LogP contribution in [0.2, 0.25) is 0 Å². The molecule has 4 nitrogen and oxygen atoms in total. The highest BCUT2D eigenvalue weighted by atomic mass is 16.3. The topological polar surface area (TPSA) is 74.6 Å². The van der Waals surface area contributed by atoms with Crippen LogP contribution in [-0.2, 0) is 0 Å². The van der Waals surface area contributed by atoms with Gasteiger partial charge in [0.1, 0.15) is 11.5 Å². The SMILES string of the molecule is O=C(CCCCCCCCCCCCCCCCC(=O)c1ccccc1O)c1ccccc1O. The highest BCUT2D eigenvalue weighted by Gasteiger charge is 2.10. The largest absolute Gasteiger partial charge is 0.507 e. The third kappa shape index (κ3) is 11.0. The lowest BCUT2D eigenvalue weighted by atomic mass is 10.0. The van der Waals surface area contributed by atoms with Crippen molar-refractivity contribution in [3.63, 3.8) is 0 Å². The molecule has 0 saturated heterocycles. The molecule has 34 heavy (non-hydrogen) atoms. The zero-order valence-electron chi connectivity index (χ0n) is 20.6.